The normalized spacial score (nSPS) is 13.1. The maximum atomic E-state index is 13.1. The van der Waals surface area contributed by atoms with Gasteiger partial charge in [-0.1, -0.05) is 6.07 Å². The highest BCUT2D eigenvalue weighted by Gasteiger charge is 2.09. The van der Waals surface area contributed by atoms with Gasteiger partial charge in [-0.2, -0.15) is 0 Å². The lowest BCUT2D eigenvalue weighted by Gasteiger charge is -2.22. The van der Waals surface area contributed by atoms with E-state index in [0.717, 1.165) is 5.56 Å². The van der Waals surface area contributed by atoms with E-state index in [9.17, 15) is 4.39 Å². The molecule has 1 aromatic rings. The number of anilines is 1. The van der Waals surface area contributed by atoms with Crippen LogP contribution >= 0.6 is 0 Å². The molecule has 3 N–H and O–H groups in total. The van der Waals surface area contributed by atoms with Gasteiger partial charge in [-0.3, -0.25) is 4.90 Å². The van der Waals surface area contributed by atoms with E-state index >= 15 is 0 Å². The second-order valence-corrected chi connectivity index (χ2v) is 3.80. The Morgan fingerprint density at radius 1 is 1.53 bits per heavy atom. The van der Waals surface area contributed by atoms with Crippen LogP contribution in [0.15, 0.2) is 18.2 Å². The third kappa shape index (κ3) is 3.18. The number of rotatable bonds is 4. The molecule has 0 heterocycles. The van der Waals surface area contributed by atoms with Crippen LogP contribution in [0.2, 0.25) is 0 Å². The van der Waals surface area contributed by atoms with E-state index in [2.05, 4.69) is 0 Å². The van der Waals surface area contributed by atoms with Crippen molar-refractivity contribution in [3.8, 4) is 0 Å². The molecule has 0 aliphatic rings. The second-order valence-electron chi connectivity index (χ2n) is 3.80. The number of nitrogen functional groups attached to an aromatic ring is 1. The van der Waals surface area contributed by atoms with Gasteiger partial charge in [-0.25, -0.2) is 4.39 Å². The molecule has 0 aromatic heterocycles. The SMILES string of the molecule is CC(CO)N(C)Cc1ccc(N)c(F)c1. The Kier molecular flexibility index (Phi) is 4.05. The number of aliphatic hydroxyl groups is 1. The lowest BCUT2D eigenvalue weighted by atomic mass is 10.1. The van der Waals surface area contributed by atoms with Crippen LogP contribution < -0.4 is 5.73 Å². The molecule has 4 heteroatoms. The van der Waals surface area contributed by atoms with Crippen molar-refractivity contribution in [2.45, 2.75) is 19.5 Å². The van der Waals surface area contributed by atoms with Gasteiger partial charge in [0.1, 0.15) is 5.82 Å². The summed E-state index contributed by atoms with van der Waals surface area (Å²) in [7, 11) is 1.88. The molecular weight excluding hydrogens is 195 g/mol. The molecule has 0 saturated heterocycles. The molecule has 0 amide bonds. The molecule has 1 aromatic carbocycles. The van der Waals surface area contributed by atoms with Gasteiger partial charge in [0.2, 0.25) is 0 Å². The Hall–Kier alpha value is -1.13. The first-order chi connectivity index (χ1) is 7.04. The molecule has 1 unspecified atom stereocenters. The number of halogens is 1. The fourth-order valence-electron chi connectivity index (χ4n) is 1.25. The van der Waals surface area contributed by atoms with Crippen molar-refractivity contribution >= 4 is 5.69 Å². The van der Waals surface area contributed by atoms with Gasteiger partial charge in [-0.15, -0.1) is 0 Å². The lowest BCUT2D eigenvalue weighted by molar-refractivity contribution is 0.154. The summed E-state index contributed by atoms with van der Waals surface area (Å²) in [6, 6.07) is 4.84. The van der Waals surface area contributed by atoms with E-state index in [1.165, 1.54) is 6.07 Å². The highest BCUT2D eigenvalue weighted by atomic mass is 19.1. The summed E-state index contributed by atoms with van der Waals surface area (Å²) >= 11 is 0. The molecule has 3 nitrogen and oxygen atoms in total. The number of likely N-dealkylation sites (N-methyl/N-ethyl adjacent to an activating group) is 1. The first-order valence-corrected chi connectivity index (χ1v) is 4.89. The molecule has 0 aliphatic carbocycles. The van der Waals surface area contributed by atoms with Gasteiger partial charge in [0.05, 0.1) is 12.3 Å². The summed E-state index contributed by atoms with van der Waals surface area (Å²) < 4.78 is 13.1. The first-order valence-electron chi connectivity index (χ1n) is 4.89. The predicted octanol–water partition coefficient (Wildman–Crippen LogP) is 1.22. The van der Waals surface area contributed by atoms with Crippen LogP contribution in [-0.4, -0.2) is 29.7 Å². The van der Waals surface area contributed by atoms with Gasteiger partial charge >= 0.3 is 0 Å². The molecule has 0 saturated carbocycles. The summed E-state index contributed by atoms with van der Waals surface area (Å²) in [5.74, 6) is -0.391. The van der Waals surface area contributed by atoms with Crippen LogP contribution in [0.25, 0.3) is 0 Å². The number of benzene rings is 1. The van der Waals surface area contributed by atoms with E-state index in [-0.39, 0.29) is 18.3 Å². The fourth-order valence-corrected chi connectivity index (χ4v) is 1.25. The summed E-state index contributed by atoms with van der Waals surface area (Å²) in [5.41, 5.74) is 6.39. The van der Waals surface area contributed by atoms with E-state index in [4.69, 9.17) is 10.8 Å². The van der Waals surface area contributed by atoms with Gasteiger partial charge in [0.25, 0.3) is 0 Å². The Morgan fingerprint density at radius 2 is 2.20 bits per heavy atom. The molecule has 0 fully saturated rings. The quantitative estimate of drug-likeness (QED) is 0.738. The number of aliphatic hydroxyl groups excluding tert-OH is 1. The van der Waals surface area contributed by atoms with Crippen LogP contribution in [0.5, 0.6) is 0 Å². The number of nitrogens with two attached hydrogens (primary N) is 1. The molecule has 0 aliphatic heterocycles. The second kappa shape index (κ2) is 5.09. The lowest BCUT2D eigenvalue weighted by Crippen LogP contribution is -2.31. The molecule has 84 valence electrons. The van der Waals surface area contributed by atoms with Crippen molar-refractivity contribution in [2.24, 2.45) is 0 Å². The van der Waals surface area contributed by atoms with Crippen LogP contribution in [0.4, 0.5) is 10.1 Å². The molecule has 0 spiro atoms. The summed E-state index contributed by atoms with van der Waals surface area (Å²) in [5, 5.41) is 8.95. The van der Waals surface area contributed by atoms with Crippen LogP contribution in [-0.2, 0) is 6.54 Å². The topological polar surface area (TPSA) is 49.5 Å². The summed E-state index contributed by atoms with van der Waals surface area (Å²) in [4.78, 5) is 1.95. The predicted molar refractivity (Wildman–Crippen MR) is 58.8 cm³/mol. The smallest absolute Gasteiger partial charge is 0.146 e. The van der Waals surface area contributed by atoms with Gasteiger partial charge in [0, 0.05) is 12.6 Å². The number of hydrogen-bond donors (Lipinski definition) is 2. The van der Waals surface area contributed by atoms with Gasteiger partial charge in [0.15, 0.2) is 0 Å². The maximum absolute atomic E-state index is 13.1. The van der Waals surface area contributed by atoms with Gasteiger partial charge in [-0.05, 0) is 31.7 Å². The van der Waals surface area contributed by atoms with Crippen molar-refractivity contribution < 1.29 is 9.50 Å². The van der Waals surface area contributed by atoms with Crippen molar-refractivity contribution in [1.29, 1.82) is 0 Å². The molecular formula is C11H17FN2O. The number of nitrogens with zero attached hydrogens (tertiary/aromatic N) is 1. The largest absolute Gasteiger partial charge is 0.396 e. The first kappa shape index (κ1) is 11.9. The third-order valence-electron chi connectivity index (χ3n) is 2.51. The Balaban J connectivity index is 2.68. The zero-order chi connectivity index (χ0) is 11.4. The van der Waals surface area contributed by atoms with Crippen LogP contribution in [0, 0.1) is 5.82 Å². The van der Waals surface area contributed by atoms with Crippen LogP contribution in [0.3, 0.4) is 0 Å². The average molecular weight is 212 g/mol. The van der Waals surface area contributed by atoms with Crippen molar-refractivity contribution in [1.82, 2.24) is 4.90 Å². The standard InChI is InChI=1S/C11H17FN2O/c1-8(7-15)14(2)6-9-3-4-11(13)10(12)5-9/h3-5,8,15H,6-7,13H2,1-2H3. The fraction of sp³-hybridized carbons (Fsp3) is 0.455. The zero-order valence-electron chi connectivity index (χ0n) is 9.07. The maximum Gasteiger partial charge on any atom is 0.146 e. The van der Waals surface area contributed by atoms with Crippen molar-refractivity contribution in [3.63, 3.8) is 0 Å². The van der Waals surface area contributed by atoms with E-state index in [1.54, 1.807) is 12.1 Å². The van der Waals surface area contributed by atoms with Crippen molar-refractivity contribution in [3.05, 3.63) is 29.6 Å². The minimum atomic E-state index is -0.391. The Bertz CT molecular complexity index is 330. The highest BCUT2D eigenvalue weighted by molar-refractivity contribution is 5.41. The average Bonchev–Trinajstić information content (AvgIpc) is 2.22. The zero-order valence-corrected chi connectivity index (χ0v) is 9.07. The minimum Gasteiger partial charge on any atom is -0.396 e. The molecule has 0 radical (unpaired) electrons. The summed E-state index contributed by atoms with van der Waals surface area (Å²) in [6.45, 7) is 2.60. The molecule has 15 heavy (non-hydrogen) atoms. The van der Waals surface area contributed by atoms with E-state index in [0.29, 0.717) is 6.54 Å². The molecule has 1 atom stereocenters. The minimum absolute atomic E-state index is 0.0608. The van der Waals surface area contributed by atoms with E-state index < -0.39 is 5.82 Å². The highest BCUT2D eigenvalue weighted by Crippen LogP contribution is 2.13. The third-order valence-corrected chi connectivity index (χ3v) is 2.51. The van der Waals surface area contributed by atoms with E-state index in [1.807, 2.05) is 18.9 Å². The monoisotopic (exact) mass is 212 g/mol. The van der Waals surface area contributed by atoms with Gasteiger partial charge < -0.3 is 10.8 Å². The summed E-state index contributed by atoms with van der Waals surface area (Å²) in [6.07, 6.45) is 0. The Morgan fingerprint density at radius 3 is 2.73 bits per heavy atom. The molecule has 1 rings (SSSR count). The van der Waals surface area contributed by atoms with Crippen LogP contribution in [0.1, 0.15) is 12.5 Å². The molecule has 0 bridgehead atoms. The van der Waals surface area contributed by atoms with Crippen molar-refractivity contribution in [2.75, 3.05) is 19.4 Å². The number of hydrogen-bond acceptors (Lipinski definition) is 3. The Labute approximate surface area is 89.3 Å².